The van der Waals surface area contributed by atoms with Crippen LogP contribution in [-0.4, -0.2) is 24.5 Å². The van der Waals surface area contributed by atoms with E-state index in [1.807, 2.05) is 13.8 Å². The number of hydrogen-bond acceptors (Lipinski definition) is 3. The second-order valence-corrected chi connectivity index (χ2v) is 5.82. The normalized spacial score (nSPS) is 10.4. The van der Waals surface area contributed by atoms with Crippen LogP contribution in [0.3, 0.4) is 0 Å². The minimum Gasteiger partial charge on any atom is -0.491 e. The van der Waals surface area contributed by atoms with Crippen molar-refractivity contribution in [2.75, 3.05) is 11.9 Å². The molecule has 0 aromatic heterocycles. The van der Waals surface area contributed by atoms with Gasteiger partial charge in [0.1, 0.15) is 11.6 Å². The van der Waals surface area contributed by atoms with Gasteiger partial charge in [-0.15, -0.1) is 0 Å². The molecule has 0 saturated carbocycles. The Hall–Kier alpha value is -2.89. The van der Waals surface area contributed by atoms with Crippen LogP contribution >= 0.6 is 0 Å². The van der Waals surface area contributed by atoms with E-state index in [-0.39, 0.29) is 36.7 Å². The maximum Gasteiger partial charge on any atom is 0.243 e. The highest BCUT2D eigenvalue weighted by Crippen LogP contribution is 2.16. The van der Waals surface area contributed by atoms with Crippen molar-refractivity contribution in [3.05, 3.63) is 59.9 Å². The van der Waals surface area contributed by atoms with Crippen LogP contribution in [0.15, 0.2) is 48.5 Å². The van der Waals surface area contributed by atoms with E-state index >= 15 is 0 Å². The summed E-state index contributed by atoms with van der Waals surface area (Å²) in [6.07, 6.45) is 0.172. The van der Waals surface area contributed by atoms with Gasteiger partial charge in [0.15, 0.2) is 0 Å². The summed E-state index contributed by atoms with van der Waals surface area (Å²) in [6.45, 7) is 3.74. The van der Waals surface area contributed by atoms with E-state index in [4.69, 9.17) is 4.74 Å². The van der Waals surface area contributed by atoms with Crippen molar-refractivity contribution in [1.29, 1.82) is 0 Å². The molecule has 132 valence electrons. The van der Waals surface area contributed by atoms with Crippen LogP contribution in [0, 0.1) is 5.82 Å². The molecule has 0 heterocycles. The first-order valence-electron chi connectivity index (χ1n) is 8.00. The Labute approximate surface area is 146 Å². The molecule has 0 aliphatic rings. The fourth-order valence-corrected chi connectivity index (χ4v) is 2.12. The van der Waals surface area contributed by atoms with Gasteiger partial charge >= 0.3 is 0 Å². The van der Waals surface area contributed by atoms with Crippen molar-refractivity contribution in [2.45, 2.75) is 26.4 Å². The second-order valence-electron chi connectivity index (χ2n) is 5.82. The molecule has 0 spiro atoms. The van der Waals surface area contributed by atoms with Gasteiger partial charge in [0, 0.05) is 5.69 Å². The van der Waals surface area contributed by atoms with Crippen LogP contribution in [0.5, 0.6) is 5.75 Å². The van der Waals surface area contributed by atoms with Crippen molar-refractivity contribution in [3.8, 4) is 5.75 Å². The average Bonchev–Trinajstić information content (AvgIpc) is 2.56. The van der Waals surface area contributed by atoms with Crippen molar-refractivity contribution < 1.29 is 18.7 Å². The molecule has 0 aliphatic carbocycles. The summed E-state index contributed by atoms with van der Waals surface area (Å²) in [5, 5.41) is 5.22. The van der Waals surface area contributed by atoms with Gasteiger partial charge in [0.25, 0.3) is 0 Å². The van der Waals surface area contributed by atoms with Crippen LogP contribution < -0.4 is 15.4 Å². The number of ether oxygens (including phenoxy) is 1. The lowest BCUT2D eigenvalue weighted by molar-refractivity contribution is -0.123. The number of halogens is 1. The van der Waals surface area contributed by atoms with Crippen LogP contribution in [0.25, 0.3) is 0 Å². The molecule has 25 heavy (non-hydrogen) atoms. The molecule has 0 unspecified atom stereocenters. The van der Waals surface area contributed by atoms with Crippen molar-refractivity contribution >= 4 is 17.5 Å². The first kappa shape index (κ1) is 18.4. The topological polar surface area (TPSA) is 67.4 Å². The Morgan fingerprint density at radius 3 is 2.24 bits per heavy atom. The monoisotopic (exact) mass is 344 g/mol. The lowest BCUT2D eigenvalue weighted by Crippen LogP contribution is -2.33. The third-order valence-electron chi connectivity index (χ3n) is 3.23. The van der Waals surface area contributed by atoms with Crippen molar-refractivity contribution in [2.24, 2.45) is 0 Å². The SMILES string of the molecule is CC(C)Oc1ccc(NC(=O)CNC(=O)Cc2ccc(F)cc2)cc1. The van der Waals surface area contributed by atoms with Gasteiger partial charge in [-0.05, 0) is 55.8 Å². The third kappa shape index (κ3) is 6.63. The van der Waals surface area contributed by atoms with Gasteiger partial charge in [-0.1, -0.05) is 12.1 Å². The average molecular weight is 344 g/mol. The van der Waals surface area contributed by atoms with Gasteiger partial charge in [-0.25, -0.2) is 4.39 Å². The molecule has 0 fully saturated rings. The van der Waals surface area contributed by atoms with Gasteiger partial charge in [0.05, 0.1) is 19.1 Å². The van der Waals surface area contributed by atoms with Crippen molar-refractivity contribution in [1.82, 2.24) is 5.32 Å². The predicted molar refractivity (Wildman–Crippen MR) is 93.9 cm³/mol. The highest BCUT2D eigenvalue weighted by Gasteiger charge is 2.07. The van der Waals surface area contributed by atoms with Gasteiger partial charge in [0.2, 0.25) is 11.8 Å². The van der Waals surface area contributed by atoms with Gasteiger partial charge in [-0.2, -0.15) is 0 Å². The number of benzene rings is 2. The van der Waals surface area contributed by atoms with E-state index in [0.29, 0.717) is 11.3 Å². The smallest absolute Gasteiger partial charge is 0.243 e. The maximum absolute atomic E-state index is 12.8. The third-order valence-corrected chi connectivity index (χ3v) is 3.23. The summed E-state index contributed by atoms with van der Waals surface area (Å²) in [4.78, 5) is 23.7. The quantitative estimate of drug-likeness (QED) is 0.811. The van der Waals surface area contributed by atoms with Crippen LogP contribution in [0.1, 0.15) is 19.4 Å². The molecule has 0 radical (unpaired) electrons. The number of nitrogens with one attached hydrogen (secondary N) is 2. The Bertz CT molecular complexity index is 712. The molecule has 5 nitrogen and oxygen atoms in total. The molecule has 0 aliphatic heterocycles. The first-order valence-corrected chi connectivity index (χ1v) is 8.00. The highest BCUT2D eigenvalue weighted by atomic mass is 19.1. The summed E-state index contributed by atoms with van der Waals surface area (Å²) >= 11 is 0. The lowest BCUT2D eigenvalue weighted by Gasteiger charge is -2.11. The first-order chi connectivity index (χ1) is 11.9. The van der Waals surface area contributed by atoms with Crippen LogP contribution in [0.4, 0.5) is 10.1 Å². The minimum absolute atomic E-state index is 0.0803. The summed E-state index contributed by atoms with van der Waals surface area (Å²) in [7, 11) is 0. The minimum atomic E-state index is -0.353. The molecule has 0 bridgehead atoms. The summed E-state index contributed by atoms with van der Waals surface area (Å²) in [6, 6.07) is 12.7. The van der Waals surface area contributed by atoms with Crippen LogP contribution in [0.2, 0.25) is 0 Å². The predicted octanol–water partition coefficient (Wildman–Crippen LogP) is 2.91. The number of carbonyl (C=O) groups is 2. The number of carbonyl (C=O) groups excluding carboxylic acids is 2. The van der Waals surface area contributed by atoms with Gasteiger partial charge < -0.3 is 15.4 Å². The molecule has 0 saturated heterocycles. The summed E-state index contributed by atoms with van der Waals surface area (Å²) in [5.41, 5.74) is 1.30. The Morgan fingerprint density at radius 2 is 1.64 bits per heavy atom. The lowest BCUT2D eigenvalue weighted by atomic mass is 10.1. The Morgan fingerprint density at radius 1 is 1.00 bits per heavy atom. The largest absolute Gasteiger partial charge is 0.491 e. The molecule has 2 aromatic rings. The number of anilines is 1. The Balaban J connectivity index is 1.76. The molecular weight excluding hydrogens is 323 g/mol. The van der Waals surface area contributed by atoms with E-state index in [1.54, 1.807) is 24.3 Å². The molecular formula is C19H21FN2O3. The van der Waals surface area contributed by atoms with E-state index in [9.17, 15) is 14.0 Å². The zero-order valence-corrected chi connectivity index (χ0v) is 14.2. The molecule has 0 atom stereocenters. The zero-order valence-electron chi connectivity index (χ0n) is 14.2. The highest BCUT2D eigenvalue weighted by molar-refractivity contribution is 5.94. The van der Waals surface area contributed by atoms with E-state index in [1.165, 1.54) is 24.3 Å². The van der Waals surface area contributed by atoms with Gasteiger partial charge in [-0.3, -0.25) is 9.59 Å². The molecule has 2 N–H and O–H groups in total. The number of rotatable bonds is 7. The second kappa shape index (κ2) is 8.82. The fraction of sp³-hybridized carbons (Fsp3) is 0.263. The standard InChI is InChI=1S/C19H21FN2O3/c1-13(2)25-17-9-7-16(8-10-17)22-19(24)12-21-18(23)11-14-3-5-15(20)6-4-14/h3-10,13H,11-12H2,1-2H3,(H,21,23)(H,22,24). The Kier molecular flexibility index (Phi) is 6.51. The summed E-state index contributed by atoms with van der Waals surface area (Å²) < 4.78 is 18.3. The zero-order chi connectivity index (χ0) is 18.2. The van der Waals surface area contributed by atoms with Crippen LogP contribution in [-0.2, 0) is 16.0 Å². The van der Waals surface area contributed by atoms with Crippen molar-refractivity contribution in [3.63, 3.8) is 0 Å². The molecule has 6 heteroatoms. The molecule has 2 aromatic carbocycles. The fourth-order valence-electron chi connectivity index (χ4n) is 2.12. The number of amides is 2. The molecule has 2 rings (SSSR count). The van der Waals surface area contributed by atoms with E-state index in [2.05, 4.69) is 10.6 Å². The molecule has 2 amide bonds. The summed E-state index contributed by atoms with van der Waals surface area (Å²) in [5.74, 6) is -0.263. The van der Waals surface area contributed by atoms with E-state index < -0.39 is 0 Å². The van der Waals surface area contributed by atoms with E-state index in [0.717, 1.165) is 5.75 Å². The maximum atomic E-state index is 12.8. The number of hydrogen-bond donors (Lipinski definition) is 2.